The Morgan fingerprint density at radius 1 is 1.35 bits per heavy atom. The van der Waals surface area contributed by atoms with Gasteiger partial charge in [0.2, 0.25) is 0 Å². The number of anilines is 1. The van der Waals surface area contributed by atoms with Gasteiger partial charge in [0.15, 0.2) is 0 Å². The minimum absolute atomic E-state index is 0.0395. The zero-order valence-electron chi connectivity index (χ0n) is 11.6. The highest BCUT2D eigenvalue weighted by molar-refractivity contribution is 5.94. The van der Waals surface area contributed by atoms with Crippen LogP contribution in [0, 0.1) is 6.92 Å². The van der Waals surface area contributed by atoms with E-state index in [4.69, 9.17) is 5.84 Å². The molecule has 104 valence electrons. The van der Waals surface area contributed by atoms with Crippen LogP contribution in [0.4, 0.5) is 5.69 Å². The fourth-order valence-electron chi connectivity index (χ4n) is 1.99. The molecule has 1 aromatic carbocycles. The molecule has 0 aliphatic carbocycles. The lowest BCUT2D eigenvalue weighted by atomic mass is 10.1. The lowest BCUT2D eigenvalue weighted by molar-refractivity contribution is 0.0783. The number of rotatable bonds is 4. The van der Waals surface area contributed by atoms with Gasteiger partial charge in [-0.3, -0.25) is 15.6 Å². The van der Waals surface area contributed by atoms with Gasteiger partial charge in [0.1, 0.15) is 0 Å². The van der Waals surface area contributed by atoms with Crippen LogP contribution in [0.3, 0.4) is 0 Å². The van der Waals surface area contributed by atoms with E-state index in [-0.39, 0.29) is 5.91 Å². The van der Waals surface area contributed by atoms with Crippen LogP contribution >= 0.6 is 0 Å². The molecule has 0 radical (unpaired) electrons. The van der Waals surface area contributed by atoms with Crippen molar-refractivity contribution in [1.82, 2.24) is 9.88 Å². The van der Waals surface area contributed by atoms with E-state index >= 15 is 0 Å². The van der Waals surface area contributed by atoms with Gasteiger partial charge in [-0.2, -0.15) is 0 Å². The van der Waals surface area contributed by atoms with E-state index in [1.165, 1.54) is 0 Å². The van der Waals surface area contributed by atoms with E-state index in [2.05, 4.69) is 10.4 Å². The van der Waals surface area contributed by atoms with Crippen LogP contribution in [0.15, 0.2) is 42.6 Å². The summed E-state index contributed by atoms with van der Waals surface area (Å²) in [4.78, 5) is 18.2. The molecule has 0 atom stereocenters. The van der Waals surface area contributed by atoms with Gasteiger partial charge in [-0.25, -0.2) is 0 Å². The van der Waals surface area contributed by atoms with Crippen molar-refractivity contribution >= 4 is 11.6 Å². The van der Waals surface area contributed by atoms with E-state index in [1.54, 1.807) is 30.3 Å². The molecule has 0 saturated heterocycles. The number of benzene rings is 1. The normalized spacial score (nSPS) is 10.2. The van der Waals surface area contributed by atoms with Crippen LogP contribution in [-0.4, -0.2) is 22.8 Å². The second kappa shape index (κ2) is 6.16. The smallest absolute Gasteiger partial charge is 0.253 e. The van der Waals surface area contributed by atoms with Crippen LogP contribution in [-0.2, 0) is 6.54 Å². The first-order chi connectivity index (χ1) is 9.61. The van der Waals surface area contributed by atoms with Gasteiger partial charge in [-0.05, 0) is 42.8 Å². The predicted molar refractivity (Wildman–Crippen MR) is 79.0 cm³/mol. The number of nitrogen functional groups attached to an aromatic ring is 1. The van der Waals surface area contributed by atoms with Crippen molar-refractivity contribution in [2.75, 3.05) is 12.5 Å². The first-order valence-corrected chi connectivity index (χ1v) is 6.34. The summed E-state index contributed by atoms with van der Waals surface area (Å²) in [5, 5.41) is 0. The number of carbonyl (C=O) groups excluding carboxylic acids is 1. The topological polar surface area (TPSA) is 71.2 Å². The fourth-order valence-corrected chi connectivity index (χ4v) is 1.99. The number of aromatic nitrogens is 1. The van der Waals surface area contributed by atoms with Gasteiger partial charge in [0.05, 0.1) is 17.9 Å². The molecule has 2 aromatic rings. The third kappa shape index (κ3) is 3.13. The lowest BCUT2D eigenvalue weighted by Crippen LogP contribution is -2.26. The monoisotopic (exact) mass is 270 g/mol. The van der Waals surface area contributed by atoms with Gasteiger partial charge >= 0.3 is 0 Å². The van der Waals surface area contributed by atoms with E-state index in [9.17, 15) is 4.79 Å². The molecular formula is C15H18N4O. The molecule has 0 aliphatic rings. The van der Waals surface area contributed by atoms with Crippen molar-refractivity contribution in [1.29, 1.82) is 0 Å². The maximum atomic E-state index is 12.3. The minimum atomic E-state index is -0.0395. The highest BCUT2D eigenvalue weighted by atomic mass is 16.2. The van der Waals surface area contributed by atoms with Crippen LogP contribution < -0.4 is 11.3 Å². The average Bonchev–Trinajstić information content (AvgIpc) is 2.47. The highest BCUT2D eigenvalue weighted by Gasteiger charge is 2.13. The third-order valence-corrected chi connectivity index (χ3v) is 3.10. The standard InChI is InChI=1S/C15H18N4O/c1-11-9-12(6-7-14(11)18-16)15(20)19(2)10-13-5-3-4-8-17-13/h3-9,18H,10,16H2,1-2H3. The summed E-state index contributed by atoms with van der Waals surface area (Å²) in [7, 11) is 1.77. The molecule has 3 N–H and O–H groups in total. The Balaban J connectivity index is 2.12. The fraction of sp³-hybridized carbons (Fsp3) is 0.200. The van der Waals surface area contributed by atoms with Gasteiger partial charge in [-0.15, -0.1) is 0 Å². The maximum Gasteiger partial charge on any atom is 0.253 e. The second-order valence-corrected chi connectivity index (χ2v) is 4.66. The van der Waals surface area contributed by atoms with Crippen molar-refractivity contribution < 1.29 is 4.79 Å². The molecule has 1 heterocycles. The van der Waals surface area contributed by atoms with E-state index < -0.39 is 0 Å². The molecule has 0 spiro atoms. The number of hydrogen-bond donors (Lipinski definition) is 2. The number of pyridine rings is 1. The Morgan fingerprint density at radius 3 is 2.75 bits per heavy atom. The summed E-state index contributed by atoms with van der Waals surface area (Å²) in [6, 6.07) is 11.1. The van der Waals surface area contributed by atoms with Crippen molar-refractivity contribution in [3.05, 3.63) is 59.4 Å². The van der Waals surface area contributed by atoms with Crippen molar-refractivity contribution in [2.45, 2.75) is 13.5 Å². The quantitative estimate of drug-likeness (QED) is 0.658. The number of nitrogens with two attached hydrogens (primary N) is 1. The number of amides is 1. The molecule has 0 fully saturated rings. The predicted octanol–water partition coefficient (Wildman–Crippen LogP) is 1.95. The summed E-state index contributed by atoms with van der Waals surface area (Å²) < 4.78 is 0. The van der Waals surface area contributed by atoms with Crippen molar-refractivity contribution in [2.24, 2.45) is 5.84 Å². The summed E-state index contributed by atoms with van der Waals surface area (Å²) in [6.07, 6.45) is 1.72. The molecule has 2 rings (SSSR count). The number of hydrazine groups is 1. The highest BCUT2D eigenvalue weighted by Crippen LogP contribution is 2.16. The van der Waals surface area contributed by atoms with Crippen LogP contribution in [0.5, 0.6) is 0 Å². The summed E-state index contributed by atoms with van der Waals surface area (Å²) in [5.74, 6) is 5.35. The average molecular weight is 270 g/mol. The molecule has 1 amide bonds. The molecular weight excluding hydrogens is 252 g/mol. The van der Waals surface area contributed by atoms with Gasteiger partial charge in [-0.1, -0.05) is 6.07 Å². The number of hydrogen-bond acceptors (Lipinski definition) is 4. The lowest BCUT2D eigenvalue weighted by Gasteiger charge is -2.17. The van der Waals surface area contributed by atoms with Crippen LogP contribution in [0.1, 0.15) is 21.6 Å². The molecule has 20 heavy (non-hydrogen) atoms. The van der Waals surface area contributed by atoms with Gasteiger partial charge < -0.3 is 10.3 Å². The summed E-state index contributed by atoms with van der Waals surface area (Å²) in [5.41, 5.74) is 5.84. The van der Waals surface area contributed by atoms with Crippen LogP contribution in [0.25, 0.3) is 0 Å². The zero-order chi connectivity index (χ0) is 14.5. The molecule has 5 heteroatoms. The third-order valence-electron chi connectivity index (χ3n) is 3.10. The Kier molecular flexibility index (Phi) is 4.32. The van der Waals surface area contributed by atoms with Gasteiger partial charge in [0, 0.05) is 18.8 Å². The summed E-state index contributed by atoms with van der Waals surface area (Å²) >= 11 is 0. The number of nitrogens with zero attached hydrogens (tertiary/aromatic N) is 2. The summed E-state index contributed by atoms with van der Waals surface area (Å²) in [6.45, 7) is 2.39. The molecule has 0 unspecified atom stereocenters. The Morgan fingerprint density at radius 2 is 2.15 bits per heavy atom. The van der Waals surface area contributed by atoms with Crippen LogP contribution in [0.2, 0.25) is 0 Å². The molecule has 1 aromatic heterocycles. The maximum absolute atomic E-state index is 12.3. The Labute approximate surface area is 118 Å². The zero-order valence-corrected chi connectivity index (χ0v) is 11.6. The molecule has 5 nitrogen and oxygen atoms in total. The largest absolute Gasteiger partial charge is 0.336 e. The van der Waals surface area contributed by atoms with E-state index in [1.807, 2.05) is 31.2 Å². The first-order valence-electron chi connectivity index (χ1n) is 6.34. The second-order valence-electron chi connectivity index (χ2n) is 4.66. The number of nitrogens with one attached hydrogen (secondary N) is 1. The molecule has 0 bridgehead atoms. The molecule has 0 aliphatic heterocycles. The number of aryl methyl sites for hydroxylation is 1. The SMILES string of the molecule is Cc1cc(C(=O)N(C)Cc2ccccn2)ccc1NN. The Bertz CT molecular complexity index is 598. The van der Waals surface area contributed by atoms with Gasteiger partial charge in [0.25, 0.3) is 5.91 Å². The Hall–Kier alpha value is -2.40. The number of carbonyl (C=O) groups is 1. The van der Waals surface area contributed by atoms with Crippen molar-refractivity contribution in [3.8, 4) is 0 Å². The van der Waals surface area contributed by atoms with E-state index in [0.29, 0.717) is 12.1 Å². The first kappa shape index (κ1) is 14.0. The molecule has 0 saturated carbocycles. The van der Waals surface area contributed by atoms with Crippen molar-refractivity contribution in [3.63, 3.8) is 0 Å². The minimum Gasteiger partial charge on any atom is -0.336 e. The van der Waals surface area contributed by atoms with E-state index in [0.717, 1.165) is 16.9 Å².